The quantitative estimate of drug-likeness (QED) is 0.857. The van der Waals surface area contributed by atoms with Gasteiger partial charge in [-0.25, -0.2) is 4.68 Å². The van der Waals surface area contributed by atoms with E-state index in [1.165, 1.54) is 19.3 Å². The van der Waals surface area contributed by atoms with Crippen molar-refractivity contribution in [3.63, 3.8) is 0 Å². The molecule has 8 nitrogen and oxygen atoms in total. The van der Waals surface area contributed by atoms with Gasteiger partial charge in [0.05, 0.1) is 0 Å². The summed E-state index contributed by atoms with van der Waals surface area (Å²) < 4.78 is 7.71. The monoisotopic (exact) mass is 343 g/mol. The highest BCUT2D eigenvalue weighted by molar-refractivity contribution is 5.31. The summed E-state index contributed by atoms with van der Waals surface area (Å²) in [6, 6.07) is 2.62. The van der Waals surface area contributed by atoms with Crippen LogP contribution in [-0.4, -0.2) is 50.0 Å². The lowest BCUT2D eigenvalue weighted by atomic mass is 9.98. The van der Waals surface area contributed by atoms with E-state index in [0.717, 1.165) is 38.8 Å². The zero-order valence-corrected chi connectivity index (χ0v) is 14.4. The second kappa shape index (κ2) is 7.77. The molecule has 0 bridgehead atoms. The van der Waals surface area contributed by atoms with Crippen LogP contribution in [-0.2, 0) is 0 Å². The average molecular weight is 343 g/mol. The Morgan fingerprint density at radius 2 is 1.88 bits per heavy atom. The molecule has 1 saturated heterocycles. The molecule has 0 aromatic carbocycles. The average Bonchev–Trinajstić information content (AvgIpc) is 3.18. The van der Waals surface area contributed by atoms with Gasteiger partial charge in [0.15, 0.2) is 0 Å². The normalized spacial score (nSPS) is 19.7. The van der Waals surface area contributed by atoms with Gasteiger partial charge in [0.25, 0.3) is 5.95 Å². The van der Waals surface area contributed by atoms with Crippen LogP contribution in [0.15, 0.2) is 18.5 Å². The molecule has 1 saturated carbocycles. The Morgan fingerprint density at radius 3 is 2.64 bits per heavy atom. The molecule has 134 valence electrons. The van der Waals surface area contributed by atoms with Crippen molar-refractivity contribution in [1.82, 2.24) is 30.0 Å². The first-order chi connectivity index (χ1) is 12.4. The van der Waals surface area contributed by atoms with Crippen molar-refractivity contribution in [3.8, 4) is 12.0 Å². The first kappa shape index (κ1) is 16.3. The minimum Gasteiger partial charge on any atom is -0.460 e. The minimum atomic E-state index is 0.202. The van der Waals surface area contributed by atoms with Crippen molar-refractivity contribution in [1.29, 1.82) is 0 Å². The van der Waals surface area contributed by atoms with Gasteiger partial charge in [-0.3, -0.25) is 0 Å². The van der Waals surface area contributed by atoms with Crippen molar-refractivity contribution in [3.05, 3.63) is 18.5 Å². The maximum atomic E-state index is 6.07. The molecule has 0 amide bonds. The topological polar surface area (TPSA) is 89.8 Å². The van der Waals surface area contributed by atoms with Crippen molar-refractivity contribution >= 4 is 5.95 Å². The lowest BCUT2D eigenvalue weighted by Gasteiger charge is -2.24. The zero-order valence-electron chi connectivity index (χ0n) is 14.4. The highest BCUT2D eigenvalue weighted by Crippen LogP contribution is 2.22. The van der Waals surface area contributed by atoms with Crippen LogP contribution >= 0.6 is 0 Å². The van der Waals surface area contributed by atoms with Gasteiger partial charge in [0, 0.05) is 18.4 Å². The first-order valence-electron chi connectivity index (χ1n) is 9.27. The Balaban J connectivity index is 1.55. The lowest BCUT2D eigenvalue weighted by Crippen LogP contribution is -2.36. The summed E-state index contributed by atoms with van der Waals surface area (Å²) in [4.78, 5) is 13.5. The van der Waals surface area contributed by atoms with E-state index in [-0.39, 0.29) is 6.10 Å². The van der Waals surface area contributed by atoms with E-state index in [4.69, 9.17) is 4.74 Å². The Kier molecular flexibility index (Phi) is 5.06. The fraction of sp³-hybridized carbons (Fsp3) is 0.647. The third-order valence-electron chi connectivity index (χ3n) is 4.81. The second-order valence-electron chi connectivity index (χ2n) is 6.74. The van der Waals surface area contributed by atoms with Gasteiger partial charge < -0.3 is 15.4 Å². The predicted molar refractivity (Wildman–Crippen MR) is 94.0 cm³/mol. The summed E-state index contributed by atoms with van der Waals surface area (Å²) >= 11 is 0. The molecule has 2 aliphatic rings. The summed E-state index contributed by atoms with van der Waals surface area (Å²) in [7, 11) is 0. The molecule has 0 atom stereocenters. The number of hydrogen-bond acceptors (Lipinski definition) is 7. The molecule has 1 aliphatic heterocycles. The molecule has 3 heterocycles. The molecular formula is C17H25N7O. The number of nitrogens with one attached hydrogen (secondary N) is 2. The van der Waals surface area contributed by atoms with E-state index in [2.05, 4.69) is 30.7 Å². The van der Waals surface area contributed by atoms with Crippen LogP contribution in [0.1, 0.15) is 44.9 Å². The highest BCUT2D eigenvalue weighted by Gasteiger charge is 2.20. The van der Waals surface area contributed by atoms with Gasteiger partial charge in [-0.1, -0.05) is 6.42 Å². The maximum absolute atomic E-state index is 6.07. The fourth-order valence-corrected chi connectivity index (χ4v) is 3.43. The lowest BCUT2D eigenvalue weighted by molar-refractivity contribution is 0.141. The summed E-state index contributed by atoms with van der Waals surface area (Å²) in [5.74, 6) is 1.06. The van der Waals surface area contributed by atoms with Crippen LogP contribution in [0.25, 0.3) is 5.95 Å². The molecule has 25 heavy (non-hydrogen) atoms. The summed E-state index contributed by atoms with van der Waals surface area (Å²) in [5.41, 5.74) is 0. The van der Waals surface area contributed by atoms with Crippen molar-refractivity contribution in [2.24, 2.45) is 0 Å². The Bertz CT molecular complexity index is 625. The molecular weight excluding hydrogens is 318 g/mol. The summed E-state index contributed by atoms with van der Waals surface area (Å²) in [6.45, 7) is 2.03. The molecule has 8 heteroatoms. The van der Waals surface area contributed by atoms with E-state index in [1.807, 2.05) is 12.3 Å². The first-order valence-corrected chi connectivity index (χ1v) is 9.27. The van der Waals surface area contributed by atoms with Gasteiger partial charge in [0.2, 0.25) is 5.95 Å². The summed E-state index contributed by atoms with van der Waals surface area (Å²) in [6.07, 6.45) is 11.7. The Morgan fingerprint density at radius 1 is 1.04 bits per heavy atom. The summed E-state index contributed by atoms with van der Waals surface area (Å²) in [5, 5.41) is 11.0. The molecule has 1 aliphatic carbocycles. The van der Waals surface area contributed by atoms with Gasteiger partial charge in [-0.05, 0) is 57.7 Å². The second-order valence-corrected chi connectivity index (χ2v) is 6.74. The van der Waals surface area contributed by atoms with E-state index >= 15 is 0 Å². The highest BCUT2D eigenvalue weighted by atomic mass is 16.5. The molecule has 2 aromatic heterocycles. The van der Waals surface area contributed by atoms with Crippen molar-refractivity contribution < 1.29 is 4.74 Å². The zero-order chi connectivity index (χ0) is 16.9. The molecule has 2 N–H and O–H groups in total. The largest absolute Gasteiger partial charge is 0.460 e. The van der Waals surface area contributed by atoms with Crippen LogP contribution in [0.4, 0.5) is 5.95 Å². The smallest absolute Gasteiger partial charge is 0.323 e. The van der Waals surface area contributed by atoms with Crippen LogP contribution in [0.2, 0.25) is 0 Å². The molecule has 2 aromatic rings. The van der Waals surface area contributed by atoms with Crippen LogP contribution in [0, 0.1) is 0 Å². The van der Waals surface area contributed by atoms with Crippen molar-refractivity contribution in [2.75, 3.05) is 18.4 Å². The number of nitrogens with zero attached hydrogens (tertiary/aromatic N) is 5. The Hall–Kier alpha value is -2.22. The number of anilines is 1. The molecule has 0 radical (unpaired) electrons. The standard InChI is InChI=1S/C17H25N7O/c1-2-5-14(6-3-1)25-17-22-15(20-13-7-10-18-11-8-13)21-16(23-17)24-12-4-9-19-24/h4,9,12-14,18H,1-3,5-8,10-11H2,(H,20,21,22,23). The minimum absolute atomic E-state index is 0.202. The van der Waals surface area contributed by atoms with E-state index in [0.29, 0.717) is 23.9 Å². The van der Waals surface area contributed by atoms with E-state index in [1.54, 1.807) is 10.9 Å². The number of ether oxygens (including phenoxy) is 1. The molecule has 0 unspecified atom stereocenters. The Labute approximate surface area is 147 Å². The number of piperidine rings is 1. The van der Waals surface area contributed by atoms with Crippen LogP contribution < -0.4 is 15.4 Å². The predicted octanol–water partition coefficient (Wildman–Crippen LogP) is 1.93. The van der Waals surface area contributed by atoms with Gasteiger partial charge in [0.1, 0.15) is 6.10 Å². The van der Waals surface area contributed by atoms with Crippen molar-refractivity contribution in [2.45, 2.75) is 57.1 Å². The van der Waals surface area contributed by atoms with Gasteiger partial charge in [-0.15, -0.1) is 0 Å². The van der Waals surface area contributed by atoms with E-state index in [9.17, 15) is 0 Å². The molecule has 2 fully saturated rings. The fourth-order valence-electron chi connectivity index (χ4n) is 3.43. The van der Waals surface area contributed by atoms with Gasteiger partial charge >= 0.3 is 6.01 Å². The number of aromatic nitrogens is 5. The SMILES string of the molecule is c1cnn(-c2nc(NC3CCNCC3)nc(OC3CCCCC3)n2)c1. The number of hydrogen-bond donors (Lipinski definition) is 2. The van der Waals surface area contributed by atoms with Crippen LogP contribution in [0.3, 0.4) is 0 Å². The third kappa shape index (κ3) is 4.25. The third-order valence-corrected chi connectivity index (χ3v) is 4.81. The van der Waals surface area contributed by atoms with Crippen LogP contribution in [0.5, 0.6) is 6.01 Å². The van der Waals surface area contributed by atoms with Gasteiger partial charge in [-0.2, -0.15) is 20.1 Å². The molecule has 0 spiro atoms. The maximum Gasteiger partial charge on any atom is 0.323 e. The molecule has 4 rings (SSSR count). The number of rotatable bonds is 5. The van der Waals surface area contributed by atoms with E-state index < -0.39 is 0 Å².